The highest BCUT2D eigenvalue weighted by Gasteiger charge is 2.24. The molecule has 0 saturated carbocycles. The lowest BCUT2D eigenvalue weighted by Gasteiger charge is -2.19. The molecule has 1 aromatic carbocycles. The third kappa shape index (κ3) is 6.25. The summed E-state index contributed by atoms with van der Waals surface area (Å²) in [6.45, 7) is 3.73. The second kappa shape index (κ2) is 8.66. The van der Waals surface area contributed by atoms with Gasteiger partial charge in [-0.05, 0) is 25.5 Å². The van der Waals surface area contributed by atoms with Crippen LogP contribution in [0.5, 0.6) is 5.75 Å². The van der Waals surface area contributed by atoms with E-state index in [1.807, 2.05) is 13.8 Å². The molecular weight excluding hydrogens is 286 g/mol. The molecule has 0 radical (unpaired) electrons. The number of para-hydroxylation sites is 1. The van der Waals surface area contributed by atoms with E-state index in [-0.39, 0.29) is 12.5 Å². The van der Waals surface area contributed by atoms with Crippen molar-refractivity contribution in [3.05, 3.63) is 30.3 Å². The van der Waals surface area contributed by atoms with Crippen LogP contribution in [-0.2, 0) is 9.59 Å². The molecule has 2 atom stereocenters. The number of hydrogen-bond donors (Lipinski definition) is 3. The van der Waals surface area contributed by atoms with Gasteiger partial charge in [0.05, 0.1) is 6.42 Å². The summed E-state index contributed by atoms with van der Waals surface area (Å²) in [4.78, 5) is 34.9. The van der Waals surface area contributed by atoms with Crippen molar-refractivity contribution in [2.45, 2.75) is 38.8 Å². The SMILES string of the molecule is CC[C@H](C)NC(=O)[C@@H](CC(N)=O)NC(=O)Oc1ccccc1. The molecule has 7 nitrogen and oxygen atoms in total. The molecule has 0 aliphatic rings. The van der Waals surface area contributed by atoms with Gasteiger partial charge >= 0.3 is 6.09 Å². The fourth-order valence-corrected chi connectivity index (χ4v) is 1.62. The van der Waals surface area contributed by atoms with Crippen LogP contribution in [0.15, 0.2) is 30.3 Å². The lowest BCUT2D eigenvalue weighted by molar-refractivity contribution is -0.127. The molecule has 0 fully saturated rings. The third-order valence-corrected chi connectivity index (χ3v) is 2.97. The van der Waals surface area contributed by atoms with Gasteiger partial charge in [0, 0.05) is 6.04 Å². The average Bonchev–Trinajstić information content (AvgIpc) is 2.46. The lowest BCUT2D eigenvalue weighted by Crippen LogP contribution is -2.51. The molecule has 0 spiro atoms. The van der Waals surface area contributed by atoms with Crippen molar-refractivity contribution in [1.82, 2.24) is 10.6 Å². The van der Waals surface area contributed by atoms with Gasteiger partial charge in [-0.15, -0.1) is 0 Å². The summed E-state index contributed by atoms with van der Waals surface area (Å²) in [5, 5.41) is 5.04. The van der Waals surface area contributed by atoms with Gasteiger partial charge < -0.3 is 21.1 Å². The Bertz CT molecular complexity index is 519. The number of hydrogen-bond acceptors (Lipinski definition) is 4. The van der Waals surface area contributed by atoms with Crippen molar-refractivity contribution in [3.63, 3.8) is 0 Å². The Labute approximate surface area is 129 Å². The minimum Gasteiger partial charge on any atom is -0.410 e. The van der Waals surface area contributed by atoms with Crippen molar-refractivity contribution in [2.24, 2.45) is 5.73 Å². The smallest absolute Gasteiger partial charge is 0.410 e. The van der Waals surface area contributed by atoms with E-state index in [4.69, 9.17) is 10.5 Å². The van der Waals surface area contributed by atoms with Crippen LogP contribution in [-0.4, -0.2) is 30.0 Å². The van der Waals surface area contributed by atoms with Gasteiger partial charge in [0.15, 0.2) is 0 Å². The molecule has 120 valence electrons. The van der Waals surface area contributed by atoms with Crippen LogP contribution in [0.3, 0.4) is 0 Å². The quantitative estimate of drug-likeness (QED) is 0.696. The van der Waals surface area contributed by atoms with Gasteiger partial charge in [-0.2, -0.15) is 0 Å². The predicted molar refractivity (Wildman–Crippen MR) is 81.1 cm³/mol. The first kappa shape index (κ1) is 17.5. The van der Waals surface area contributed by atoms with Gasteiger partial charge in [-0.3, -0.25) is 9.59 Å². The molecule has 0 heterocycles. The molecular formula is C15H21N3O4. The van der Waals surface area contributed by atoms with E-state index >= 15 is 0 Å². The van der Waals surface area contributed by atoms with Gasteiger partial charge in [-0.25, -0.2) is 4.79 Å². The number of carbonyl (C=O) groups is 3. The van der Waals surface area contributed by atoms with Gasteiger partial charge in [0.1, 0.15) is 11.8 Å². The van der Waals surface area contributed by atoms with Gasteiger partial charge in [0.2, 0.25) is 11.8 Å². The van der Waals surface area contributed by atoms with E-state index in [1.165, 1.54) is 0 Å². The lowest BCUT2D eigenvalue weighted by atomic mass is 10.1. The average molecular weight is 307 g/mol. The van der Waals surface area contributed by atoms with E-state index in [1.54, 1.807) is 30.3 Å². The Morgan fingerprint density at radius 1 is 1.18 bits per heavy atom. The summed E-state index contributed by atoms with van der Waals surface area (Å²) in [7, 11) is 0. The zero-order valence-electron chi connectivity index (χ0n) is 12.7. The minimum atomic E-state index is -1.07. The van der Waals surface area contributed by atoms with Gasteiger partial charge in [0.25, 0.3) is 0 Å². The predicted octanol–water partition coefficient (Wildman–Crippen LogP) is 0.934. The highest BCUT2D eigenvalue weighted by atomic mass is 16.6. The summed E-state index contributed by atoms with van der Waals surface area (Å²) >= 11 is 0. The molecule has 0 aromatic heterocycles. The van der Waals surface area contributed by atoms with Crippen molar-refractivity contribution in [3.8, 4) is 5.75 Å². The Morgan fingerprint density at radius 2 is 1.82 bits per heavy atom. The normalized spacial score (nSPS) is 12.8. The van der Waals surface area contributed by atoms with Crippen molar-refractivity contribution < 1.29 is 19.1 Å². The van der Waals surface area contributed by atoms with E-state index in [0.29, 0.717) is 5.75 Å². The fraction of sp³-hybridized carbons (Fsp3) is 0.400. The molecule has 0 saturated heterocycles. The van der Waals surface area contributed by atoms with Crippen LogP contribution >= 0.6 is 0 Å². The molecule has 1 rings (SSSR count). The zero-order chi connectivity index (χ0) is 16.5. The second-order valence-corrected chi connectivity index (χ2v) is 4.89. The van der Waals surface area contributed by atoms with Crippen molar-refractivity contribution in [1.29, 1.82) is 0 Å². The maximum absolute atomic E-state index is 12.0. The number of primary amides is 1. The second-order valence-electron chi connectivity index (χ2n) is 4.89. The largest absolute Gasteiger partial charge is 0.413 e. The van der Waals surface area contributed by atoms with Crippen LogP contribution in [0.4, 0.5) is 4.79 Å². The zero-order valence-corrected chi connectivity index (χ0v) is 12.7. The van der Waals surface area contributed by atoms with Crippen LogP contribution in [0, 0.1) is 0 Å². The van der Waals surface area contributed by atoms with E-state index in [2.05, 4.69) is 10.6 Å². The fourth-order valence-electron chi connectivity index (χ4n) is 1.62. The molecule has 3 amide bonds. The molecule has 1 aromatic rings. The Kier molecular flexibility index (Phi) is 6.88. The third-order valence-electron chi connectivity index (χ3n) is 2.97. The Balaban J connectivity index is 2.65. The first-order chi connectivity index (χ1) is 10.4. The Morgan fingerprint density at radius 3 is 2.36 bits per heavy atom. The highest BCUT2D eigenvalue weighted by Crippen LogP contribution is 2.08. The molecule has 0 unspecified atom stereocenters. The van der Waals surface area contributed by atoms with Crippen LogP contribution < -0.4 is 21.1 Å². The molecule has 4 N–H and O–H groups in total. The van der Waals surface area contributed by atoms with E-state index in [9.17, 15) is 14.4 Å². The monoisotopic (exact) mass is 307 g/mol. The number of carbonyl (C=O) groups excluding carboxylic acids is 3. The minimum absolute atomic E-state index is 0.0742. The number of benzene rings is 1. The summed E-state index contributed by atoms with van der Waals surface area (Å²) in [6.07, 6.45) is -0.396. The molecule has 0 aliphatic heterocycles. The summed E-state index contributed by atoms with van der Waals surface area (Å²) < 4.78 is 5.03. The Hall–Kier alpha value is -2.57. The maximum Gasteiger partial charge on any atom is 0.413 e. The number of amides is 3. The molecule has 7 heteroatoms. The highest BCUT2D eigenvalue weighted by molar-refractivity contribution is 5.90. The van der Waals surface area contributed by atoms with Gasteiger partial charge in [-0.1, -0.05) is 25.1 Å². The number of nitrogens with one attached hydrogen (secondary N) is 2. The van der Waals surface area contributed by atoms with Crippen LogP contribution in [0.1, 0.15) is 26.7 Å². The summed E-state index contributed by atoms with van der Waals surface area (Å²) in [5.74, 6) is -0.831. The summed E-state index contributed by atoms with van der Waals surface area (Å²) in [6, 6.07) is 7.25. The van der Waals surface area contributed by atoms with Crippen molar-refractivity contribution >= 4 is 17.9 Å². The number of rotatable bonds is 7. The number of ether oxygens (including phenoxy) is 1. The molecule has 0 bridgehead atoms. The number of nitrogens with two attached hydrogens (primary N) is 1. The topological polar surface area (TPSA) is 111 Å². The summed E-state index contributed by atoms with van der Waals surface area (Å²) in [5.41, 5.74) is 5.11. The van der Waals surface area contributed by atoms with E-state index in [0.717, 1.165) is 6.42 Å². The van der Waals surface area contributed by atoms with Crippen molar-refractivity contribution in [2.75, 3.05) is 0 Å². The first-order valence-corrected chi connectivity index (χ1v) is 7.04. The molecule has 0 aliphatic carbocycles. The maximum atomic E-state index is 12.0. The first-order valence-electron chi connectivity index (χ1n) is 7.04. The van der Waals surface area contributed by atoms with Crippen LogP contribution in [0.25, 0.3) is 0 Å². The van der Waals surface area contributed by atoms with Crippen LogP contribution in [0.2, 0.25) is 0 Å². The standard InChI is InChI=1S/C15H21N3O4/c1-3-10(2)17-14(20)12(9-13(16)19)18-15(21)22-11-7-5-4-6-8-11/h4-8,10,12H,3,9H2,1-2H3,(H2,16,19)(H,17,20)(H,18,21)/t10-,12+/m0/s1. The molecule has 22 heavy (non-hydrogen) atoms. The van der Waals surface area contributed by atoms with E-state index < -0.39 is 23.9 Å².